The molecule has 0 atom stereocenters. The maximum atomic E-state index is 11.5. The topological polar surface area (TPSA) is 82.6 Å². The Morgan fingerprint density at radius 1 is 1.29 bits per heavy atom. The van der Waals surface area contributed by atoms with Crippen molar-refractivity contribution in [1.82, 2.24) is 9.88 Å². The summed E-state index contributed by atoms with van der Waals surface area (Å²) in [4.78, 5) is 19.4. The molecule has 1 fully saturated rings. The molecule has 0 aliphatic carbocycles. The fourth-order valence-electron chi connectivity index (χ4n) is 2.14. The Morgan fingerprint density at radius 2 is 1.95 bits per heavy atom. The first-order valence-electron chi connectivity index (χ1n) is 6.88. The van der Waals surface area contributed by atoms with Crippen LogP contribution in [0.2, 0.25) is 0 Å². The first kappa shape index (κ1) is 15.6. The highest BCUT2D eigenvalue weighted by Crippen LogP contribution is 2.17. The van der Waals surface area contributed by atoms with Gasteiger partial charge in [-0.25, -0.2) is 13.4 Å². The van der Waals surface area contributed by atoms with Crippen LogP contribution in [0.1, 0.15) is 13.8 Å². The molecule has 1 aromatic heterocycles. The Balaban J connectivity index is 1.99. The highest BCUT2D eigenvalue weighted by atomic mass is 32.2. The van der Waals surface area contributed by atoms with E-state index >= 15 is 0 Å². The zero-order valence-corrected chi connectivity index (χ0v) is 13.1. The number of amides is 1. The van der Waals surface area contributed by atoms with Gasteiger partial charge in [0.15, 0.2) is 0 Å². The van der Waals surface area contributed by atoms with Gasteiger partial charge in [-0.3, -0.25) is 9.52 Å². The van der Waals surface area contributed by atoms with E-state index in [-0.39, 0.29) is 11.7 Å². The van der Waals surface area contributed by atoms with Crippen LogP contribution in [-0.4, -0.2) is 56.1 Å². The molecule has 1 saturated heterocycles. The smallest absolute Gasteiger partial charge is 0.232 e. The molecule has 0 aromatic carbocycles. The molecule has 116 valence electrons. The van der Waals surface area contributed by atoms with E-state index in [2.05, 4.69) is 14.6 Å². The number of rotatable bonds is 4. The number of hydrogen-bond donors (Lipinski definition) is 1. The average Bonchev–Trinajstić information content (AvgIpc) is 2.48. The zero-order chi connectivity index (χ0) is 15.5. The van der Waals surface area contributed by atoms with Gasteiger partial charge in [0.25, 0.3) is 0 Å². The van der Waals surface area contributed by atoms with Crippen LogP contribution in [0, 0.1) is 0 Å². The average molecular weight is 312 g/mol. The largest absolute Gasteiger partial charge is 0.353 e. The molecule has 0 saturated carbocycles. The minimum Gasteiger partial charge on any atom is -0.353 e. The molecule has 7 nitrogen and oxygen atoms in total. The Labute approximate surface area is 125 Å². The normalized spacial score (nSPS) is 15.9. The van der Waals surface area contributed by atoms with Crippen molar-refractivity contribution in [3.63, 3.8) is 0 Å². The summed E-state index contributed by atoms with van der Waals surface area (Å²) in [6, 6.07) is 3.49. The van der Waals surface area contributed by atoms with Crippen molar-refractivity contribution in [1.29, 1.82) is 0 Å². The van der Waals surface area contributed by atoms with Crippen molar-refractivity contribution in [2.45, 2.75) is 13.8 Å². The number of piperazine rings is 1. The highest BCUT2D eigenvalue weighted by Gasteiger charge is 2.19. The van der Waals surface area contributed by atoms with E-state index in [1.54, 1.807) is 30.9 Å². The third-order valence-electron chi connectivity index (χ3n) is 3.45. The Kier molecular flexibility index (Phi) is 4.66. The molecule has 2 heterocycles. The van der Waals surface area contributed by atoms with E-state index in [4.69, 9.17) is 0 Å². The van der Waals surface area contributed by atoms with Crippen molar-refractivity contribution >= 4 is 27.4 Å². The van der Waals surface area contributed by atoms with Gasteiger partial charge in [0.2, 0.25) is 15.9 Å². The van der Waals surface area contributed by atoms with Gasteiger partial charge < -0.3 is 9.80 Å². The van der Waals surface area contributed by atoms with E-state index in [0.717, 1.165) is 18.9 Å². The highest BCUT2D eigenvalue weighted by molar-refractivity contribution is 7.92. The van der Waals surface area contributed by atoms with Gasteiger partial charge in [-0.1, -0.05) is 0 Å². The number of anilines is 2. The molecule has 1 aliphatic heterocycles. The lowest BCUT2D eigenvalue weighted by Gasteiger charge is -2.34. The van der Waals surface area contributed by atoms with Crippen molar-refractivity contribution in [3.05, 3.63) is 18.3 Å². The minimum atomic E-state index is -3.27. The molecule has 0 unspecified atom stereocenters. The molecule has 1 aromatic rings. The monoisotopic (exact) mass is 312 g/mol. The molecule has 0 spiro atoms. The summed E-state index contributed by atoms with van der Waals surface area (Å²) in [6.45, 7) is 5.98. The van der Waals surface area contributed by atoms with Crippen LogP contribution < -0.4 is 9.62 Å². The summed E-state index contributed by atoms with van der Waals surface area (Å²) in [5.74, 6) is 0.909. The number of hydrogen-bond acceptors (Lipinski definition) is 5. The summed E-state index contributed by atoms with van der Waals surface area (Å²) in [5.41, 5.74) is 0.461. The quantitative estimate of drug-likeness (QED) is 0.876. The fourth-order valence-corrected chi connectivity index (χ4v) is 2.76. The molecule has 1 amide bonds. The first-order valence-corrected chi connectivity index (χ1v) is 8.53. The van der Waals surface area contributed by atoms with Crippen LogP contribution in [0.3, 0.4) is 0 Å². The second kappa shape index (κ2) is 6.30. The van der Waals surface area contributed by atoms with E-state index < -0.39 is 10.0 Å². The predicted octanol–water partition coefficient (Wildman–Crippen LogP) is 0.512. The maximum Gasteiger partial charge on any atom is 0.232 e. The van der Waals surface area contributed by atoms with E-state index in [1.165, 1.54) is 6.20 Å². The van der Waals surface area contributed by atoms with E-state index in [1.807, 2.05) is 0 Å². The van der Waals surface area contributed by atoms with Gasteiger partial charge in [0.1, 0.15) is 5.82 Å². The Hall–Kier alpha value is -1.83. The van der Waals surface area contributed by atoms with Crippen molar-refractivity contribution in [2.24, 2.45) is 0 Å². The third-order valence-corrected chi connectivity index (χ3v) is 4.76. The number of aromatic nitrogens is 1. The number of nitrogens with zero attached hydrogens (tertiary/aromatic N) is 3. The molecule has 1 aliphatic rings. The molecule has 2 rings (SSSR count). The zero-order valence-electron chi connectivity index (χ0n) is 12.2. The SMILES string of the molecule is CCS(=O)(=O)Nc1ccc(N2CCN(C(C)=O)CC2)nc1. The van der Waals surface area contributed by atoms with Gasteiger partial charge in [0.05, 0.1) is 17.6 Å². The number of sulfonamides is 1. The molecule has 1 N–H and O–H groups in total. The molecular weight excluding hydrogens is 292 g/mol. The summed E-state index contributed by atoms with van der Waals surface area (Å²) >= 11 is 0. The van der Waals surface area contributed by atoms with E-state index in [0.29, 0.717) is 18.8 Å². The van der Waals surface area contributed by atoms with Crippen molar-refractivity contribution in [2.75, 3.05) is 41.6 Å². The summed E-state index contributed by atoms with van der Waals surface area (Å²) in [5, 5.41) is 0. The second-order valence-electron chi connectivity index (χ2n) is 4.90. The van der Waals surface area contributed by atoms with Crippen molar-refractivity contribution < 1.29 is 13.2 Å². The third kappa shape index (κ3) is 4.07. The molecule has 0 bridgehead atoms. The Bertz CT molecular complexity index is 592. The number of pyridine rings is 1. The van der Waals surface area contributed by atoms with Gasteiger partial charge in [0, 0.05) is 33.1 Å². The summed E-state index contributed by atoms with van der Waals surface area (Å²) in [7, 11) is -3.27. The lowest BCUT2D eigenvalue weighted by molar-refractivity contribution is -0.129. The van der Waals surface area contributed by atoms with Gasteiger partial charge in [-0.15, -0.1) is 0 Å². The summed E-state index contributed by atoms with van der Waals surface area (Å²) < 4.78 is 25.4. The predicted molar refractivity (Wildman–Crippen MR) is 81.8 cm³/mol. The van der Waals surface area contributed by atoms with Crippen LogP contribution in [0.4, 0.5) is 11.5 Å². The van der Waals surface area contributed by atoms with Gasteiger partial charge in [-0.05, 0) is 19.1 Å². The van der Waals surface area contributed by atoms with E-state index in [9.17, 15) is 13.2 Å². The molecule has 8 heteroatoms. The van der Waals surface area contributed by atoms with Crippen LogP contribution in [-0.2, 0) is 14.8 Å². The van der Waals surface area contributed by atoms with Gasteiger partial charge in [-0.2, -0.15) is 0 Å². The number of nitrogens with one attached hydrogen (secondary N) is 1. The van der Waals surface area contributed by atoms with Gasteiger partial charge >= 0.3 is 0 Å². The lowest BCUT2D eigenvalue weighted by atomic mass is 10.3. The maximum absolute atomic E-state index is 11.5. The lowest BCUT2D eigenvalue weighted by Crippen LogP contribution is -2.48. The molecule has 0 radical (unpaired) electrons. The van der Waals surface area contributed by atoms with Crippen LogP contribution in [0.25, 0.3) is 0 Å². The molecular formula is C13H20N4O3S. The summed E-state index contributed by atoms with van der Waals surface area (Å²) in [6.07, 6.45) is 1.51. The van der Waals surface area contributed by atoms with Crippen molar-refractivity contribution in [3.8, 4) is 0 Å². The first-order chi connectivity index (χ1) is 9.91. The fraction of sp³-hybridized carbons (Fsp3) is 0.538. The number of carbonyl (C=O) groups is 1. The van der Waals surface area contributed by atoms with Crippen LogP contribution >= 0.6 is 0 Å². The molecule has 21 heavy (non-hydrogen) atoms. The van der Waals surface area contributed by atoms with Crippen LogP contribution in [0.15, 0.2) is 18.3 Å². The van der Waals surface area contributed by atoms with Crippen LogP contribution in [0.5, 0.6) is 0 Å². The standard InChI is InChI=1S/C13H20N4O3S/c1-3-21(19,20)15-12-4-5-13(14-10-12)17-8-6-16(7-9-17)11(2)18/h4-5,10,15H,3,6-9H2,1-2H3. The Morgan fingerprint density at radius 3 is 2.43 bits per heavy atom. The second-order valence-corrected chi connectivity index (χ2v) is 6.91. The number of carbonyl (C=O) groups excluding carboxylic acids is 1. The minimum absolute atomic E-state index is 0.0295.